The Morgan fingerprint density at radius 1 is 1.06 bits per heavy atom. The van der Waals surface area contributed by atoms with Crippen LogP contribution in [0.3, 0.4) is 0 Å². The number of benzene rings is 2. The summed E-state index contributed by atoms with van der Waals surface area (Å²) in [4.78, 5) is 15.9. The summed E-state index contributed by atoms with van der Waals surface area (Å²) in [6.45, 7) is 4.65. The van der Waals surface area contributed by atoms with Gasteiger partial charge in [-0.25, -0.2) is 13.6 Å². The predicted octanol–water partition coefficient (Wildman–Crippen LogP) is 7.11. The van der Waals surface area contributed by atoms with Gasteiger partial charge in [0, 0.05) is 29.6 Å². The largest absolute Gasteiger partial charge is 0.494 e. The van der Waals surface area contributed by atoms with Crippen molar-refractivity contribution < 1.29 is 23.0 Å². The summed E-state index contributed by atoms with van der Waals surface area (Å²) in [5, 5.41) is 0. The van der Waals surface area contributed by atoms with Crippen LogP contribution in [0.2, 0.25) is 0 Å². The number of hydrogen-bond donors (Lipinski definition) is 0. The molecule has 0 amide bonds. The Kier molecular flexibility index (Phi) is 8.70. The van der Waals surface area contributed by atoms with Crippen LogP contribution in [0.4, 0.5) is 8.78 Å². The van der Waals surface area contributed by atoms with Gasteiger partial charge in [0.05, 0.1) is 13.2 Å². The molecule has 0 aliphatic heterocycles. The lowest BCUT2D eigenvalue weighted by molar-refractivity contribution is -0.137. The van der Waals surface area contributed by atoms with E-state index in [0.29, 0.717) is 40.2 Å². The molecule has 3 rings (SSSR count). The zero-order valence-electron chi connectivity index (χ0n) is 18.8. The molecule has 0 aliphatic rings. The van der Waals surface area contributed by atoms with Gasteiger partial charge in [-0.1, -0.05) is 37.6 Å². The maximum Gasteiger partial charge on any atom is 0.330 e. The Labute approximate surface area is 192 Å². The summed E-state index contributed by atoms with van der Waals surface area (Å²) in [6.07, 6.45) is 5.39. The highest BCUT2D eigenvalue weighted by molar-refractivity contribution is 5.89. The van der Waals surface area contributed by atoms with Crippen molar-refractivity contribution in [2.24, 2.45) is 0 Å². The van der Waals surface area contributed by atoms with E-state index in [4.69, 9.17) is 9.47 Å². The number of aromatic nitrogens is 1. The van der Waals surface area contributed by atoms with Gasteiger partial charge < -0.3 is 9.47 Å². The van der Waals surface area contributed by atoms with Crippen LogP contribution >= 0.6 is 0 Å². The Hall–Kier alpha value is -3.54. The number of nitrogens with zero attached hydrogens (tertiary/aromatic N) is 1. The molecule has 0 saturated carbocycles. The van der Waals surface area contributed by atoms with Crippen LogP contribution in [0.25, 0.3) is 28.3 Å². The number of rotatable bonds is 10. The molecule has 0 N–H and O–H groups in total. The minimum Gasteiger partial charge on any atom is -0.494 e. The van der Waals surface area contributed by atoms with E-state index in [9.17, 15) is 13.6 Å². The van der Waals surface area contributed by atoms with E-state index < -0.39 is 12.4 Å². The predicted molar refractivity (Wildman–Crippen MR) is 126 cm³/mol. The molecule has 6 heteroatoms. The first kappa shape index (κ1) is 24.1. The van der Waals surface area contributed by atoms with Gasteiger partial charge in [0.15, 0.2) is 0 Å². The quantitative estimate of drug-likeness (QED) is 0.187. The van der Waals surface area contributed by atoms with Gasteiger partial charge in [-0.2, -0.15) is 0 Å². The number of alkyl halides is 2. The summed E-state index contributed by atoms with van der Waals surface area (Å²) in [5.74, 6) is 0.178. The third-order valence-corrected chi connectivity index (χ3v) is 5.05. The second-order valence-corrected chi connectivity index (χ2v) is 7.38. The number of ether oxygens (including phenoxy) is 2. The third kappa shape index (κ3) is 6.48. The summed E-state index contributed by atoms with van der Waals surface area (Å²) in [5.41, 5.74) is 2.97. The fraction of sp³-hybridized carbons (Fsp3) is 0.259. The van der Waals surface area contributed by atoms with Crippen LogP contribution in [0, 0.1) is 0 Å². The van der Waals surface area contributed by atoms with Crippen LogP contribution < -0.4 is 4.74 Å². The smallest absolute Gasteiger partial charge is 0.330 e. The van der Waals surface area contributed by atoms with Crippen LogP contribution in [0.1, 0.15) is 44.2 Å². The fourth-order valence-electron chi connectivity index (χ4n) is 3.41. The minimum absolute atomic E-state index is 0.0795. The first-order chi connectivity index (χ1) is 16.0. The molecule has 33 heavy (non-hydrogen) atoms. The fourth-order valence-corrected chi connectivity index (χ4v) is 3.41. The van der Waals surface area contributed by atoms with Gasteiger partial charge in [-0.3, -0.25) is 4.98 Å². The van der Waals surface area contributed by atoms with Crippen LogP contribution in [0.15, 0.2) is 67.0 Å². The van der Waals surface area contributed by atoms with E-state index >= 15 is 0 Å². The average molecular weight is 452 g/mol. The molecule has 2 aromatic carbocycles. The average Bonchev–Trinajstić information content (AvgIpc) is 2.83. The molecule has 4 nitrogen and oxygen atoms in total. The number of unbranched alkanes of at least 4 members (excludes halogenated alkanes) is 1. The number of carbonyl (C=O) groups is 1. The molecule has 3 aromatic rings. The SMILES string of the molecule is CCCCOc1ccc(-c2ccc(-c3cccnc3)c(C(F)F)c2)c(/C=C/C(=O)OCC)c1. The van der Waals surface area contributed by atoms with E-state index in [1.54, 1.807) is 55.7 Å². The first-order valence-electron chi connectivity index (χ1n) is 11.0. The van der Waals surface area contributed by atoms with Gasteiger partial charge in [-0.15, -0.1) is 0 Å². The van der Waals surface area contributed by atoms with Crippen LogP contribution in [-0.4, -0.2) is 24.2 Å². The standard InChI is InChI=1S/C27H27F2NO3/c1-3-5-15-33-22-10-12-23(19(16-22)9-13-26(31)32-4-2)20-8-11-24(25(17-20)27(28)29)21-7-6-14-30-18-21/h6-14,16-18,27H,3-5,15H2,1-2H3/b13-9+. The molecular weight excluding hydrogens is 424 g/mol. The maximum atomic E-state index is 14.0. The van der Waals surface area contributed by atoms with Crippen molar-refractivity contribution in [3.8, 4) is 28.0 Å². The molecule has 0 spiro atoms. The second kappa shape index (κ2) is 11.9. The van der Waals surface area contributed by atoms with Crippen molar-refractivity contribution in [2.45, 2.75) is 33.1 Å². The zero-order chi connectivity index (χ0) is 23.6. The molecule has 1 aromatic heterocycles. The zero-order valence-corrected chi connectivity index (χ0v) is 18.8. The molecule has 172 valence electrons. The van der Waals surface area contributed by atoms with Gasteiger partial charge in [-0.05, 0) is 65.9 Å². The summed E-state index contributed by atoms with van der Waals surface area (Å²) >= 11 is 0. The van der Waals surface area contributed by atoms with Gasteiger partial charge in [0.25, 0.3) is 6.43 Å². The molecule has 0 unspecified atom stereocenters. The van der Waals surface area contributed by atoms with E-state index in [2.05, 4.69) is 11.9 Å². The topological polar surface area (TPSA) is 48.4 Å². The highest BCUT2D eigenvalue weighted by Gasteiger charge is 2.17. The lowest BCUT2D eigenvalue weighted by Crippen LogP contribution is -2.00. The van der Waals surface area contributed by atoms with Crippen molar-refractivity contribution in [1.82, 2.24) is 4.98 Å². The molecule has 0 bridgehead atoms. The van der Waals surface area contributed by atoms with Gasteiger partial charge in [0.2, 0.25) is 0 Å². The summed E-state index contributed by atoms with van der Waals surface area (Å²) < 4.78 is 38.7. The third-order valence-electron chi connectivity index (χ3n) is 5.05. The van der Waals surface area contributed by atoms with Crippen molar-refractivity contribution in [3.63, 3.8) is 0 Å². The molecular formula is C27H27F2NO3. The van der Waals surface area contributed by atoms with Gasteiger partial charge >= 0.3 is 5.97 Å². The van der Waals surface area contributed by atoms with E-state index in [1.165, 1.54) is 12.1 Å². The molecule has 0 aliphatic carbocycles. The normalized spacial score (nSPS) is 11.2. The number of hydrogen-bond acceptors (Lipinski definition) is 4. The highest BCUT2D eigenvalue weighted by Crippen LogP contribution is 2.36. The number of carbonyl (C=O) groups excluding carboxylic acids is 1. The lowest BCUT2D eigenvalue weighted by atomic mass is 9.93. The number of pyridine rings is 1. The van der Waals surface area contributed by atoms with Crippen molar-refractivity contribution >= 4 is 12.0 Å². The van der Waals surface area contributed by atoms with Crippen molar-refractivity contribution in [2.75, 3.05) is 13.2 Å². The summed E-state index contributed by atoms with van der Waals surface area (Å²) in [6, 6.07) is 13.9. The molecule has 0 radical (unpaired) electrons. The monoisotopic (exact) mass is 451 g/mol. The summed E-state index contributed by atoms with van der Waals surface area (Å²) in [7, 11) is 0. The molecule has 0 saturated heterocycles. The number of esters is 1. The Morgan fingerprint density at radius 3 is 2.58 bits per heavy atom. The van der Waals surface area contributed by atoms with Crippen LogP contribution in [0.5, 0.6) is 5.75 Å². The number of halogens is 2. The lowest BCUT2D eigenvalue weighted by Gasteiger charge is -2.14. The van der Waals surface area contributed by atoms with Crippen molar-refractivity contribution in [3.05, 3.63) is 78.1 Å². The van der Waals surface area contributed by atoms with Crippen LogP contribution in [-0.2, 0) is 9.53 Å². The Balaban J connectivity index is 2.04. The molecule has 0 atom stereocenters. The second-order valence-electron chi connectivity index (χ2n) is 7.38. The van der Waals surface area contributed by atoms with E-state index in [-0.39, 0.29) is 12.2 Å². The first-order valence-corrected chi connectivity index (χ1v) is 11.0. The Morgan fingerprint density at radius 2 is 1.88 bits per heavy atom. The molecule has 1 heterocycles. The highest BCUT2D eigenvalue weighted by atomic mass is 19.3. The van der Waals surface area contributed by atoms with E-state index in [1.807, 2.05) is 12.1 Å². The minimum atomic E-state index is -2.66. The maximum absolute atomic E-state index is 14.0. The Bertz CT molecular complexity index is 1100. The van der Waals surface area contributed by atoms with Crippen molar-refractivity contribution in [1.29, 1.82) is 0 Å². The van der Waals surface area contributed by atoms with E-state index in [0.717, 1.165) is 12.8 Å². The van der Waals surface area contributed by atoms with Gasteiger partial charge in [0.1, 0.15) is 5.75 Å². The molecule has 0 fully saturated rings.